The summed E-state index contributed by atoms with van der Waals surface area (Å²) < 4.78 is 18.7. The third-order valence-corrected chi connectivity index (χ3v) is 3.72. The minimum absolute atomic E-state index is 0.139. The molecule has 0 saturated carbocycles. The number of nitro benzene ring substituents is 1. The van der Waals surface area contributed by atoms with Gasteiger partial charge >= 0.3 is 0 Å². The molecule has 1 heterocycles. The summed E-state index contributed by atoms with van der Waals surface area (Å²) in [6, 6.07) is 3.71. The largest absolute Gasteiger partial charge is 0.381 e. The Labute approximate surface area is 110 Å². The molecule has 1 saturated heterocycles. The van der Waals surface area contributed by atoms with Crippen LogP contribution in [0.15, 0.2) is 18.2 Å². The van der Waals surface area contributed by atoms with Gasteiger partial charge in [-0.25, -0.2) is 4.39 Å². The highest BCUT2D eigenvalue weighted by atomic mass is 19.1. The van der Waals surface area contributed by atoms with Crippen LogP contribution in [-0.4, -0.2) is 24.7 Å². The van der Waals surface area contributed by atoms with Crippen LogP contribution in [0.1, 0.15) is 18.4 Å². The Morgan fingerprint density at radius 1 is 1.37 bits per heavy atom. The highest BCUT2D eigenvalue weighted by Gasteiger charge is 2.31. The normalized spacial score (nSPS) is 18.2. The molecule has 0 radical (unpaired) electrons. The van der Waals surface area contributed by atoms with Gasteiger partial charge in [0.05, 0.1) is 11.0 Å². The first-order valence-corrected chi connectivity index (χ1v) is 6.26. The first-order chi connectivity index (χ1) is 9.04. The molecule has 0 amide bonds. The number of benzene rings is 1. The summed E-state index contributed by atoms with van der Waals surface area (Å²) in [6.07, 6.45) is 2.15. The van der Waals surface area contributed by atoms with E-state index in [0.29, 0.717) is 31.7 Å². The number of rotatable bonds is 4. The average Bonchev–Trinajstić information content (AvgIpc) is 2.39. The number of non-ortho nitro benzene ring substituents is 1. The van der Waals surface area contributed by atoms with Crippen molar-refractivity contribution >= 4 is 5.69 Å². The number of halogens is 1. The zero-order valence-corrected chi connectivity index (χ0v) is 10.6. The molecule has 19 heavy (non-hydrogen) atoms. The van der Waals surface area contributed by atoms with Crippen molar-refractivity contribution < 1.29 is 14.1 Å². The lowest BCUT2D eigenvalue weighted by Crippen LogP contribution is -2.38. The van der Waals surface area contributed by atoms with Crippen molar-refractivity contribution in [2.75, 3.05) is 19.8 Å². The van der Waals surface area contributed by atoms with E-state index in [0.717, 1.165) is 18.9 Å². The Morgan fingerprint density at radius 3 is 2.63 bits per heavy atom. The number of nitro groups is 1. The van der Waals surface area contributed by atoms with Gasteiger partial charge in [-0.05, 0) is 42.9 Å². The Bertz CT molecular complexity index is 473. The van der Waals surface area contributed by atoms with Gasteiger partial charge in [-0.1, -0.05) is 0 Å². The van der Waals surface area contributed by atoms with Gasteiger partial charge in [0.25, 0.3) is 5.69 Å². The molecule has 1 aliphatic rings. The highest BCUT2D eigenvalue weighted by Crippen LogP contribution is 2.34. The number of ether oxygens (including phenoxy) is 1. The lowest BCUT2D eigenvalue weighted by Gasteiger charge is -2.36. The van der Waals surface area contributed by atoms with E-state index in [1.54, 1.807) is 0 Å². The SMILES string of the molecule is NCC1(Cc2cc(F)cc([N+](=O)[O-])c2)CCOCC1. The summed E-state index contributed by atoms with van der Waals surface area (Å²) in [5.41, 5.74) is 6.11. The molecule has 0 aliphatic carbocycles. The van der Waals surface area contributed by atoms with Crippen LogP contribution in [-0.2, 0) is 11.2 Å². The molecule has 0 spiro atoms. The van der Waals surface area contributed by atoms with Crippen LogP contribution in [0, 0.1) is 21.3 Å². The Hall–Kier alpha value is -1.53. The number of nitrogens with two attached hydrogens (primary N) is 1. The van der Waals surface area contributed by atoms with E-state index < -0.39 is 10.7 Å². The molecular weight excluding hydrogens is 251 g/mol. The standard InChI is InChI=1S/C13H17FN2O3/c14-11-5-10(6-12(7-11)16(17)18)8-13(9-15)1-3-19-4-2-13/h5-7H,1-4,8-9,15H2. The fourth-order valence-corrected chi connectivity index (χ4v) is 2.53. The van der Waals surface area contributed by atoms with E-state index in [1.165, 1.54) is 12.1 Å². The minimum Gasteiger partial charge on any atom is -0.381 e. The molecular formula is C13H17FN2O3. The van der Waals surface area contributed by atoms with Crippen LogP contribution < -0.4 is 5.73 Å². The third kappa shape index (κ3) is 3.27. The van der Waals surface area contributed by atoms with Crippen LogP contribution in [0.5, 0.6) is 0 Å². The Kier molecular flexibility index (Phi) is 4.11. The van der Waals surface area contributed by atoms with Crippen LogP contribution in [0.25, 0.3) is 0 Å². The number of hydrogen-bond acceptors (Lipinski definition) is 4. The average molecular weight is 268 g/mol. The molecule has 0 atom stereocenters. The number of hydrogen-bond donors (Lipinski definition) is 1. The van der Waals surface area contributed by atoms with Crippen LogP contribution >= 0.6 is 0 Å². The number of nitrogens with zero attached hydrogens (tertiary/aromatic N) is 1. The van der Waals surface area contributed by atoms with Crippen molar-refractivity contribution in [3.05, 3.63) is 39.7 Å². The van der Waals surface area contributed by atoms with Gasteiger partial charge in [0.1, 0.15) is 5.82 Å². The van der Waals surface area contributed by atoms with E-state index >= 15 is 0 Å². The molecule has 104 valence electrons. The minimum atomic E-state index is -0.580. The smallest absolute Gasteiger partial charge is 0.272 e. The summed E-state index contributed by atoms with van der Waals surface area (Å²) in [4.78, 5) is 10.2. The van der Waals surface area contributed by atoms with Gasteiger partial charge < -0.3 is 10.5 Å². The summed E-state index contributed by atoms with van der Waals surface area (Å²) in [7, 11) is 0. The maximum absolute atomic E-state index is 13.4. The lowest BCUT2D eigenvalue weighted by atomic mass is 9.75. The molecule has 2 rings (SSSR count). The van der Waals surface area contributed by atoms with Crippen LogP contribution in [0.3, 0.4) is 0 Å². The zero-order chi connectivity index (χ0) is 13.9. The molecule has 1 aromatic rings. The Balaban J connectivity index is 2.23. The Morgan fingerprint density at radius 2 is 2.05 bits per heavy atom. The molecule has 2 N–H and O–H groups in total. The van der Waals surface area contributed by atoms with Crippen LogP contribution in [0.4, 0.5) is 10.1 Å². The van der Waals surface area contributed by atoms with Crippen molar-refractivity contribution in [3.8, 4) is 0 Å². The maximum Gasteiger partial charge on any atom is 0.272 e. The van der Waals surface area contributed by atoms with Crippen molar-refractivity contribution in [2.45, 2.75) is 19.3 Å². The van der Waals surface area contributed by atoms with Crippen molar-refractivity contribution in [3.63, 3.8) is 0 Å². The van der Waals surface area contributed by atoms with Gasteiger partial charge in [-0.15, -0.1) is 0 Å². The van der Waals surface area contributed by atoms with Gasteiger partial charge in [0, 0.05) is 19.3 Å². The molecule has 1 aliphatic heterocycles. The molecule has 5 nitrogen and oxygen atoms in total. The highest BCUT2D eigenvalue weighted by molar-refractivity contribution is 5.35. The zero-order valence-electron chi connectivity index (χ0n) is 10.6. The summed E-state index contributed by atoms with van der Waals surface area (Å²) in [6.45, 7) is 1.74. The predicted octanol–water partition coefficient (Wildman–Crippen LogP) is 2.03. The monoisotopic (exact) mass is 268 g/mol. The fourth-order valence-electron chi connectivity index (χ4n) is 2.53. The second-order valence-electron chi connectivity index (χ2n) is 5.07. The molecule has 1 aromatic carbocycles. The predicted molar refractivity (Wildman–Crippen MR) is 68.3 cm³/mol. The van der Waals surface area contributed by atoms with Gasteiger partial charge in [0.2, 0.25) is 0 Å². The second kappa shape index (κ2) is 5.63. The van der Waals surface area contributed by atoms with Gasteiger partial charge in [0.15, 0.2) is 0 Å². The third-order valence-electron chi connectivity index (χ3n) is 3.72. The van der Waals surface area contributed by atoms with Gasteiger partial charge in [-0.3, -0.25) is 10.1 Å². The fraction of sp³-hybridized carbons (Fsp3) is 0.538. The molecule has 0 aromatic heterocycles. The van der Waals surface area contributed by atoms with Crippen LogP contribution in [0.2, 0.25) is 0 Å². The van der Waals surface area contributed by atoms with Crippen molar-refractivity contribution in [1.29, 1.82) is 0 Å². The quantitative estimate of drug-likeness (QED) is 0.669. The molecule has 6 heteroatoms. The van der Waals surface area contributed by atoms with E-state index in [2.05, 4.69) is 0 Å². The topological polar surface area (TPSA) is 78.4 Å². The second-order valence-corrected chi connectivity index (χ2v) is 5.07. The van der Waals surface area contributed by atoms with Crippen molar-refractivity contribution in [1.82, 2.24) is 0 Å². The molecule has 0 unspecified atom stereocenters. The summed E-state index contributed by atoms with van der Waals surface area (Å²) in [5.74, 6) is -0.580. The van der Waals surface area contributed by atoms with E-state index in [1.807, 2.05) is 0 Å². The van der Waals surface area contributed by atoms with Gasteiger partial charge in [-0.2, -0.15) is 0 Å². The lowest BCUT2D eigenvalue weighted by molar-refractivity contribution is -0.385. The molecule has 1 fully saturated rings. The maximum atomic E-state index is 13.4. The molecule has 0 bridgehead atoms. The van der Waals surface area contributed by atoms with E-state index in [9.17, 15) is 14.5 Å². The first kappa shape index (κ1) is 13.9. The summed E-state index contributed by atoms with van der Waals surface area (Å²) >= 11 is 0. The van der Waals surface area contributed by atoms with E-state index in [4.69, 9.17) is 10.5 Å². The first-order valence-electron chi connectivity index (χ1n) is 6.26. The van der Waals surface area contributed by atoms with E-state index in [-0.39, 0.29) is 11.1 Å². The summed E-state index contributed by atoms with van der Waals surface area (Å²) in [5, 5.41) is 10.7. The van der Waals surface area contributed by atoms with Crippen molar-refractivity contribution in [2.24, 2.45) is 11.1 Å².